The second kappa shape index (κ2) is 7.60. The van der Waals surface area contributed by atoms with Gasteiger partial charge in [0.15, 0.2) is 0 Å². The maximum Gasteiger partial charge on any atom is 0.222 e. The van der Waals surface area contributed by atoms with Gasteiger partial charge in [0.1, 0.15) is 5.82 Å². The molecule has 0 saturated carbocycles. The average Bonchev–Trinajstić information content (AvgIpc) is 3.23. The lowest BCUT2D eigenvalue weighted by Gasteiger charge is -2.32. The van der Waals surface area contributed by atoms with Crippen LogP contribution in [0.4, 0.5) is 11.8 Å². The van der Waals surface area contributed by atoms with E-state index in [-0.39, 0.29) is 0 Å². The molecule has 2 aromatic rings. The second-order valence-corrected chi connectivity index (χ2v) is 7.11. The first-order valence-corrected chi connectivity index (χ1v) is 9.52. The highest BCUT2D eigenvalue weighted by Crippen LogP contribution is 2.27. The van der Waals surface area contributed by atoms with Crippen LogP contribution in [-0.2, 0) is 4.74 Å². The fourth-order valence-electron chi connectivity index (χ4n) is 3.82. The first-order chi connectivity index (χ1) is 12.7. The van der Waals surface area contributed by atoms with Gasteiger partial charge in [-0.15, -0.1) is 0 Å². The molecule has 0 unspecified atom stereocenters. The van der Waals surface area contributed by atoms with Gasteiger partial charge in [-0.1, -0.05) is 24.3 Å². The zero-order chi connectivity index (χ0) is 17.9. The molecule has 0 aliphatic carbocycles. The maximum absolute atomic E-state index is 5.97. The number of anilines is 2. The number of hydrogen-bond acceptors (Lipinski definition) is 6. The van der Waals surface area contributed by atoms with Crippen LogP contribution in [0.3, 0.4) is 0 Å². The van der Waals surface area contributed by atoms with Gasteiger partial charge in [0, 0.05) is 43.9 Å². The Hall–Kier alpha value is -2.18. The summed E-state index contributed by atoms with van der Waals surface area (Å²) in [5, 5.41) is 0. The summed E-state index contributed by atoms with van der Waals surface area (Å²) in [5.41, 5.74) is 9.26. The van der Waals surface area contributed by atoms with E-state index in [1.54, 1.807) is 0 Å². The first kappa shape index (κ1) is 17.2. The third kappa shape index (κ3) is 3.66. The van der Waals surface area contributed by atoms with Crippen LogP contribution in [0.2, 0.25) is 0 Å². The molecule has 2 N–H and O–H groups in total. The van der Waals surface area contributed by atoms with E-state index in [1.807, 2.05) is 0 Å². The lowest BCUT2D eigenvalue weighted by atomic mass is 10.0. The number of rotatable bonds is 4. The van der Waals surface area contributed by atoms with Crippen molar-refractivity contribution >= 4 is 11.8 Å². The molecule has 2 fully saturated rings. The summed E-state index contributed by atoms with van der Waals surface area (Å²) in [6.07, 6.45) is 2.43. The predicted octanol–water partition coefficient (Wildman–Crippen LogP) is 2.72. The number of hydrogen-bond donors (Lipinski definition) is 1. The van der Waals surface area contributed by atoms with Crippen molar-refractivity contribution in [3.63, 3.8) is 0 Å². The molecule has 138 valence electrons. The molecule has 6 nitrogen and oxygen atoms in total. The molecule has 0 amide bonds. The molecule has 2 aliphatic rings. The van der Waals surface area contributed by atoms with Crippen LogP contribution in [0.1, 0.15) is 31.4 Å². The molecule has 4 rings (SSSR count). The van der Waals surface area contributed by atoms with Crippen molar-refractivity contribution in [1.29, 1.82) is 0 Å². The standard InChI is InChI=1S/C20H27N5O/c1-15(24-10-12-26-13-11-24)16-4-6-17(7-5-16)18-14-19(23-20(21)22-18)25-8-2-3-9-25/h4-7,14-15H,2-3,8-13H2,1H3,(H2,21,22,23)/t15-/m0/s1. The van der Waals surface area contributed by atoms with Crippen LogP contribution in [0.5, 0.6) is 0 Å². The summed E-state index contributed by atoms with van der Waals surface area (Å²) < 4.78 is 5.46. The minimum Gasteiger partial charge on any atom is -0.379 e. The maximum atomic E-state index is 5.97. The highest BCUT2D eigenvalue weighted by Gasteiger charge is 2.19. The highest BCUT2D eigenvalue weighted by molar-refractivity contribution is 5.65. The third-order valence-electron chi connectivity index (χ3n) is 5.44. The van der Waals surface area contributed by atoms with Crippen molar-refractivity contribution in [3.05, 3.63) is 35.9 Å². The first-order valence-electron chi connectivity index (χ1n) is 9.52. The van der Waals surface area contributed by atoms with Gasteiger partial charge in [0.05, 0.1) is 18.9 Å². The van der Waals surface area contributed by atoms with Crippen LogP contribution in [0.15, 0.2) is 30.3 Å². The van der Waals surface area contributed by atoms with Crippen LogP contribution in [0, 0.1) is 0 Å². The van der Waals surface area contributed by atoms with Gasteiger partial charge < -0.3 is 15.4 Å². The number of nitrogens with two attached hydrogens (primary N) is 1. The van der Waals surface area contributed by atoms with Crippen molar-refractivity contribution < 1.29 is 4.74 Å². The Morgan fingerprint density at radius 3 is 2.38 bits per heavy atom. The molecule has 26 heavy (non-hydrogen) atoms. The largest absolute Gasteiger partial charge is 0.379 e. The molecule has 2 aliphatic heterocycles. The van der Waals surface area contributed by atoms with Gasteiger partial charge in [0.25, 0.3) is 0 Å². The van der Waals surface area contributed by atoms with E-state index in [0.717, 1.165) is 56.5 Å². The summed E-state index contributed by atoms with van der Waals surface area (Å²) in [5.74, 6) is 1.28. The van der Waals surface area contributed by atoms with E-state index in [9.17, 15) is 0 Å². The van der Waals surface area contributed by atoms with E-state index in [1.165, 1.54) is 18.4 Å². The Morgan fingerprint density at radius 2 is 1.69 bits per heavy atom. The number of benzene rings is 1. The molecule has 2 saturated heterocycles. The van der Waals surface area contributed by atoms with Crippen LogP contribution in [0.25, 0.3) is 11.3 Å². The highest BCUT2D eigenvalue weighted by atomic mass is 16.5. The molecule has 0 radical (unpaired) electrons. The molecular formula is C20H27N5O. The number of ether oxygens (including phenoxy) is 1. The summed E-state index contributed by atoms with van der Waals surface area (Å²) in [6.45, 7) is 7.98. The number of morpholine rings is 1. The molecule has 3 heterocycles. The van der Waals surface area contributed by atoms with Crippen LogP contribution in [-0.4, -0.2) is 54.3 Å². The van der Waals surface area contributed by atoms with Gasteiger partial charge >= 0.3 is 0 Å². The van der Waals surface area contributed by atoms with Gasteiger partial charge in [-0.25, -0.2) is 4.98 Å². The number of nitrogen functional groups attached to an aromatic ring is 1. The summed E-state index contributed by atoms with van der Waals surface area (Å²) in [7, 11) is 0. The van der Waals surface area contributed by atoms with E-state index in [0.29, 0.717) is 12.0 Å². The van der Waals surface area contributed by atoms with Gasteiger partial charge in [-0.3, -0.25) is 4.90 Å². The lowest BCUT2D eigenvalue weighted by molar-refractivity contribution is 0.0198. The second-order valence-electron chi connectivity index (χ2n) is 7.11. The van der Waals surface area contributed by atoms with E-state index in [2.05, 4.69) is 57.0 Å². The van der Waals surface area contributed by atoms with E-state index < -0.39 is 0 Å². The molecule has 1 aromatic carbocycles. The lowest BCUT2D eigenvalue weighted by Crippen LogP contribution is -2.37. The zero-order valence-corrected chi connectivity index (χ0v) is 15.4. The molecular weight excluding hydrogens is 326 g/mol. The normalized spacial score (nSPS) is 19.7. The van der Waals surface area contributed by atoms with Crippen molar-refractivity contribution in [2.24, 2.45) is 0 Å². The SMILES string of the molecule is C[C@@H](c1ccc(-c2cc(N3CCCC3)nc(N)n2)cc1)N1CCOCC1. The Morgan fingerprint density at radius 1 is 1.00 bits per heavy atom. The van der Waals surface area contributed by atoms with Crippen molar-refractivity contribution in [1.82, 2.24) is 14.9 Å². The smallest absolute Gasteiger partial charge is 0.222 e. The van der Waals surface area contributed by atoms with Crippen molar-refractivity contribution in [3.8, 4) is 11.3 Å². The number of aromatic nitrogens is 2. The quantitative estimate of drug-likeness (QED) is 0.912. The fourth-order valence-corrected chi connectivity index (χ4v) is 3.82. The summed E-state index contributed by atoms with van der Waals surface area (Å²) in [4.78, 5) is 13.6. The van der Waals surface area contributed by atoms with Gasteiger partial charge in [-0.05, 0) is 25.3 Å². The Bertz CT molecular complexity index is 736. The van der Waals surface area contributed by atoms with Gasteiger partial charge in [0.2, 0.25) is 5.95 Å². The Kier molecular flexibility index (Phi) is 5.04. The topological polar surface area (TPSA) is 67.5 Å². The predicted molar refractivity (Wildman–Crippen MR) is 104 cm³/mol. The summed E-state index contributed by atoms with van der Waals surface area (Å²) >= 11 is 0. The van der Waals surface area contributed by atoms with E-state index in [4.69, 9.17) is 10.5 Å². The minimum atomic E-state index is 0.343. The van der Waals surface area contributed by atoms with E-state index >= 15 is 0 Å². The summed E-state index contributed by atoms with van der Waals surface area (Å²) in [6, 6.07) is 11.1. The number of nitrogens with zero attached hydrogens (tertiary/aromatic N) is 4. The zero-order valence-electron chi connectivity index (χ0n) is 15.4. The molecule has 0 bridgehead atoms. The molecule has 6 heteroatoms. The average molecular weight is 353 g/mol. The minimum absolute atomic E-state index is 0.343. The van der Waals surface area contributed by atoms with Crippen molar-refractivity contribution in [2.75, 3.05) is 50.0 Å². The monoisotopic (exact) mass is 353 g/mol. The van der Waals surface area contributed by atoms with Crippen LogP contribution < -0.4 is 10.6 Å². The molecule has 1 atom stereocenters. The third-order valence-corrected chi connectivity index (χ3v) is 5.44. The molecule has 1 aromatic heterocycles. The van der Waals surface area contributed by atoms with Crippen LogP contribution >= 0.6 is 0 Å². The Balaban J connectivity index is 1.54. The fraction of sp³-hybridized carbons (Fsp3) is 0.500. The van der Waals surface area contributed by atoms with Gasteiger partial charge in [-0.2, -0.15) is 4.98 Å². The molecule has 0 spiro atoms. The Labute approximate surface area is 155 Å². The van der Waals surface area contributed by atoms with Crippen molar-refractivity contribution in [2.45, 2.75) is 25.8 Å².